The summed E-state index contributed by atoms with van der Waals surface area (Å²) in [7, 11) is 1.22. The molecule has 1 amide bonds. The van der Waals surface area contributed by atoms with Gasteiger partial charge < -0.3 is 9.15 Å². The van der Waals surface area contributed by atoms with Crippen LogP contribution in [0.1, 0.15) is 5.76 Å². The molecule has 21 heavy (non-hydrogen) atoms. The Hall–Kier alpha value is -3.16. The van der Waals surface area contributed by atoms with E-state index < -0.39 is 11.0 Å². The van der Waals surface area contributed by atoms with Gasteiger partial charge in [0.15, 0.2) is 0 Å². The van der Waals surface area contributed by atoms with Gasteiger partial charge in [-0.25, -0.2) is 10.2 Å². The van der Waals surface area contributed by atoms with Gasteiger partial charge in [0.25, 0.3) is 5.69 Å². The van der Waals surface area contributed by atoms with Gasteiger partial charge in [-0.05, 0) is 12.1 Å². The summed E-state index contributed by atoms with van der Waals surface area (Å²) in [5.41, 5.74) is 2.66. The van der Waals surface area contributed by atoms with Crippen molar-refractivity contribution in [3.8, 4) is 11.3 Å². The van der Waals surface area contributed by atoms with Gasteiger partial charge in [-0.3, -0.25) is 10.1 Å². The summed E-state index contributed by atoms with van der Waals surface area (Å²) in [4.78, 5) is 21.0. The number of methoxy groups -OCH3 is 1. The molecule has 8 heteroatoms. The highest BCUT2D eigenvalue weighted by atomic mass is 16.6. The van der Waals surface area contributed by atoms with E-state index in [0.29, 0.717) is 17.1 Å². The van der Waals surface area contributed by atoms with Crippen LogP contribution in [0.3, 0.4) is 0 Å². The van der Waals surface area contributed by atoms with Crippen molar-refractivity contribution < 1.29 is 18.9 Å². The van der Waals surface area contributed by atoms with E-state index in [2.05, 4.69) is 15.3 Å². The van der Waals surface area contributed by atoms with Gasteiger partial charge in [-0.15, -0.1) is 0 Å². The third-order valence-electron chi connectivity index (χ3n) is 2.50. The van der Waals surface area contributed by atoms with Gasteiger partial charge in [0, 0.05) is 17.7 Å². The normalized spacial score (nSPS) is 10.5. The van der Waals surface area contributed by atoms with Crippen molar-refractivity contribution in [1.82, 2.24) is 5.43 Å². The molecule has 1 aromatic heterocycles. The summed E-state index contributed by atoms with van der Waals surface area (Å²) in [6.45, 7) is 0. The molecule has 0 atom stereocenters. The monoisotopic (exact) mass is 289 g/mol. The molecule has 0 bridgehead atoms. The maximum atomic E-state index is 10.8. The van der Waals surface area contributed by atoms with Crippen molar-refractivity contribution in [3.05, 3.63) is 52.3 Å². The fourth-order valence-electron chi connectivity index (χ4n) is 1.54. The molecule has 0 saturated heterocycles. The minimum absolute atomic E-state index is 0.0218. The highest BCUT2D eigenvalue weighted by molar-refractivity contribution is 5.79. The summed E-state index contributed by atoms with van der Waals surface area (Å²) >= 11 is 0. The zero-order valence-electron chi connectivity index (χ0n) is 11.0. The number of nitro benzene ring substituents is 1. The zero-order chi connectivity index (χ0) is 15.2. The van der Waals surface area contributed by atoms with E-state index in [1.807, 2.05) is 0 Å². The quantitative estimate of drug-likeness (QED) is 0.528. The molecule has 8 nitrogen and oxygen atoms in total. The van der Waals surface area contributed by atoms with E-state index in [0.717, 1.165) is 0 Å². The predicted octanol–water partition coefficient (Wildman–Crippen LogP) is 2.54. The number of benzene rings is 1. The maximum absolute atomic E-state index is 10.8. The van der Waals surface area contributed by atoms with Crippen LogP contribution in [-0.2, 0) is 4.74 Å². The highest BCUT2D eigenvalue weighted by Crippen LogP contribution is 2.25. The lowest BCUT2D eigenvalue weighted by atomic mass is 10.1. The van der Waals surface area contributed by atoms with Crippen molar-refractivity contribution in [2.75, 3.05) is 7.11 Å². The Morgan fingerprint density at radius 1 is 1.43 bits per heavy atom. The third kappa shape index (κ3) is 3.66. The molecular formula is C13H11N3O5. The maximum Gasteiger partial charge on any atom is 0.427 e. The standard InChI is InChI=1S/C13H11N3O5/c1-20-13(17)15-14-8-11-5-6-12(21-11)9-3-2-4-10(7-9)16(18)19/h2-8H,1H3,(H,15,17). The van der Waals surface area contributed by atoms with E-state index in [1.54, 1.807) is 24.3 Å². The number of carbonyl (C=O) groups excluding carboxylic acids is 1. The molecular weight excluding hydrogens is 278 g/mol. The van der Waals surface area contributed by atoms with Gasteiger partial charge in [0.05, 0.1) is 18.2 Å². The van der Waals surface area contributed by atoms with Crippen LogP contribution in [0.5, 0.6) is 0 Å². The van der Waals surface area contributed by atoms with Crippen molar-refractivity contribution in [2.24, 2.45) is 5.10 Å². The first kappa shape index (κ1) is 14.3. The Balaban J connectivity index is 2.14. The number of rotatable bonds is 4. The number of amides is 1. The number of nitrogens with one attached hydrogen (secondary N) is 1. The van der Waals surface area contributed by atoms with Crippen LogP contribution in [0.25, 0.3) is 11.3 Å². The fourth-order valence-corrected chi connectivity index (χ4v) is 1.54. The van der Waals surface area contributed by atoms with Crippen LogP contribution in [0.4, 0.5) is 10.5 Å². The molecule has 1 aromatic carbocycles. The first-order chi connectivity index (χ1) is 10.1. The lowest BCUT2D eigenvalue weighted by Gasteiger charge is -1.97. The number of nitro groups is 1. The highest BCUT2D eigenvalue weighted by Gasteiger charge is 2.09. The molecule has 2 rings (SSSR count). The van der Waals surface area contributed by atoms with Crippen LogP contribution in [0, 0.1) is 10.1 Å². The second-order valence-electron chi connectivity index (χ2n) is 3.87. The average molecular weight is 289 g/mol. The van der Waals surface area contributed by atoms with Crippen molar-refractivity contribution in [1.29, 1.82) is 0 Å². The summed E-state index contributed by atoms with van der Waals surface area (Å²) in [5.74, 6) is 0.839. The topological polar surface area (TPSA) is 107 Å². The van der Waals surface area contributed by atoms with E-state index in [4.69, 9.17) is 4.42 Å². The summed E-state index contributed by atoms with van der Waals surface area (Å²) in [5, 5.41) is 14.3. The van der Waals surface area contributed by atoms with Gasteiger partial charge in [0.2, 0.25) is 0 Å². The number of furan rings is 1. The van der Waals surface area contributed by atoms with Crippen LogP contribution in [-0.4, -0.2) is 24.3 Å². The van der Waals surface area contributed by atoms with Crippen LogP contribution in [0.2, 0.25) is 0 Å². The molecule has 0 saturated carbocycles. The number of hydrogen-bond donors (Lipinski definition) is 1. The van der Waals surface area contributed by atoms with E-state index in [1.165, 1.54) is 25.5 Å². The molecule has 1 N–H and O–H groups in total. The number of ether oxygens (including phenoxy) is 1. The second kappa shape index (κ2) is 6.33. The number of carbonyl (C=O) groups is 1. The van der Waals surface area contributed by atoms with Crippen LogP contribution >= 0.6 is 0 Å². The lowest BCUT2D eigenvalue weighted by molar-refractivity contribution is -0.384. The van der Waals surface area contributed by atoms with Gasteiger partial charge in [-0.1, -0.05) is 12.1 Å². The largest absolute Gasteiger partial charge is 0.455 e. The third-order valence-corrected chi connectivity index (χ3v) is 2.50. The van der Waals surface area contributed by atoms with Gasteiger partial charge in [0.1, 0.15) is 11.5 Å². The number of nitrogens with zero attached hydrogens (tertiary/aromatic N) is 2. The van der Waals surface area contributed by atoms with Gasteiger partial charge >= 0.3 is 6.09 Å². The van der Waals surface area contributed by atoms with E-state index >= 15 is 0 Å². The summed E-state index contributed by atoms with van der Waals surface area (Å²) < 4.78 is 9.80. The predicted molar refractivity (Wildman–Crippen MR) is 73.9 cm³/mol. The Bertz CT molecular complexity index is 693. The number of hydrazone groups is 1. The van der Waals surface area contributed by atoms with E-state index in [-0.39, 0.29) is 5.69 Å². The number of hydrogen-bond acceptors (Lipinski definition) is 6. The number of non-ortho nitro benzene ring substituents is 1. The summed E-state index contributed by atoms with van der Waals surface area (Å²) in [6, 6.07) is 9.35. The molecule has 2 aromatic rings. The SMILES string of the molecule is COC(=O)NN=Cc1ccc(-c2cccc([N+](=O)[O-])c2)o1. The molecule has 0 unspecified atom stereocenters. The Labute approximate surface area is 119 Å². The molecule has 0 aliphatic carbocycles. The van der Waals surface area contributed by atoms with Crippen LogP contribution in [0.15, 0.2) is 45.9 Å². The zero-order valence-corrected chi connectivity index (χ0v) is 11.0. The first-order valence-corrected chi connectivity index (χ1v) is 5.82. The Kier molecular flexibility index (Phi) is 4.30. The van der Waals surface area contributed by atoms with Crippen molar-refractivity contribution >= 4 is 18.0 Å². The average Bonchev–Trinajstić information content (AvgIpc) is 2.96. The summed E-state index contributed by atoms with van der Waals surface area (Å²) in [6.07, 6.45) is 0.592. The minimum atomic E-state index is -0.697. The molecule has 1 heterocycles. The molecule has 108 valence electrons. The fraction of sp³-hybridized carbons (Fsp3) is 0.0769. The van der Waals surface area contributed by atoms with Crippen molar-refractivity contribution in [3.63, 3.8) is 0 Å². The van der Waals surface area contributed by atoms with E-state index in [9.17, 15) is 14.9 Å². The minimum Gasteiger partial charge on any atom is -0.455 e. The molecule has 0 radical (unpaired) electrons. The molecule has 0 aliphatic heterocycles. The first-order valence-electron chi connectivity index (χ1n) is 5.82. The second-order valence-corrected chi connectivity index (χ2v) is 3.87. The van der Waals surface area contributed by atoms with Gasteiger partial charge in [-0.2, -0.15) is 5.10 Å². The Morgan fingerprint density at radius 3 is 2.95 bits per heavy atom. The molecule has 0 spiro atoms. The van der Waals surface area contributed by atoms with Crippen molar-refractivity contribution in [2.45, 2.75) is 0 Å². The lowest BCUT2D eigenvalue weighted by Crippen LogP contribution is -2.16. The van der Waals surface area contributed by atoms with Crippen LogP contribution < -0.4 is 5.43 Å². The molecule has 0 fully saturated rings. The Morgan fingerprint density at radius 2 is 2.24 bits per heavy atom. The molecule has 0 aliphatic rings. The smallest absolute Gasteiger partial charge is 0.427 e.